The van der Waals surface area contributed by atoms with Gasteiger partial charge in [-0.25, -0.2) is 9.78 Å². The smallest absolute Gasteiger partial charge is 0.338 e. The Kier molecular flexibility index (Phi) is 5.34. The minimum absolute atomic E-state index is 0.348. The summed E-state index contributed by atoms with van der Waals surface area (Å²) < 4.78 is 7.48. The van der Waals surface area contributed by atoms with Crippen LogP contribution in [-0.4, -0.2) is 32.2 Å². The lowest BCUT2D eigenvalue weighted by Gasteiger charge is -2.12. The number of aryl methyl sites for hydroxylation is 2. The first-order valence-corrected chi connectivity index (χ1v) is 10.6. The van der Waals surface area contributed by atoms with Crippen molar-refractivity contribution in [3.8, 4) is 11.1 Å². The molecule has 158 valence electrons. The molecule has 5 rings (SSSR count). The standard InChI is InChI=1S/C26H22N4O2/c1-18-25-29-27-17-30(25)23-16-21(15-22(24(23)28-18)20-12-6-3-7-13-20)26(31)32-14-8-11-19-9-4-2-5-10-19/h2-7,9-10,12-13,15-17H,8,11,14H2,1H3. The van der Waals surface area contributed by atoms with E-state index in [-0.39, 0.29) is 5.97 Å². The molecule has 0 saturated heterocycles. The van der Waals surface area contributed by atoms with Crippen LogP contribution in [0.15, 0.2) is 79.1 Å². The highest BCUT2D eigenvalue weighted by Crippen LogP contribution is 2.30. The van der Waals surface area contributed by atoms with E-state index in [0.29, 0.717) is 17.8 Å². The van der Waals surface area contributed by atoms with Gasteiger partial charge in [-0.2, -0.15) is 0 Å². The lowest BCUT2D eigenvalue weighted by molar-refractivity contribution is 0.0501. The van der Waals surface area contributed by atoms with Crippen LogP contribution in [0.4, 0.5) is 0 Å². The lowest BCUT2D eigenvalue weighted by atomic mass is 10.0. The summed E-state index contributed by atoms with van der Waals surface area (Å²) in [6.45, 7) is 2.27. The van der Waals surface area contributed by atoms with Crippen LogP contribution in [0.25, 0.3) is 27.8 Å². The minimum Gasteiger partial charge on any atom is -0.462 e. The molecule has 0 aliphatic rings. The van der Waals surface area contributed by atoms with E-state index in [2.05, 4.69) is 22.3 Å². The number of fused-ring (bicyclic) bond motifs is 3. The molecule has 0 N–H and O–H groups in total. The first kappa shape index (κ1) is 19.9. The van der Waals surface area contributed by atoms with E-state index >= 15 is 0 Å². The van der Waals surface area contributed by atoms with Gasteiger partial charge >= 0.3 is 5.97 Å². The van der Waals surface area contributed by atoms with Crippen molar-refractivity contribution >= 4 is 22.6 Å². The zero-order valence-corrected chi connectivity index (χ0v) is 17.7. The quantitative estimate of drug-likeness (QED) is 0.283. The minimum atomic E-state index is -0.348. The maximum Gasteiger partial charge on any atom is 0.338 e. The second-order valence-corrected chi connectivity index (χ2v) is 7.70. The predicted molar refractivity (Wildman–Crippen MR) is 124 cm³/mol. The van der Waals surface area contributed by atoms with Gasteiger partial charge in [-0.1, -0.05) is 60.7 Å². The third-order valence-electron chi connectivity index (χ3n) is 5.51. The predicted octanol–water partition coefficient (Wildman–Crippen LogP) is 5.04. The summed E-state index contributed by atoms with van der Waals surface area (Å²) in [5.41, 5.74) is 6.59. The largest absolute Gasteiger partial charge is 0.462 e. The molecular weight excluding hydrogens is 400 g/mol. The molecule has 0 aliphatic carbocycles. The first-order chi connectivity index (χ1) is 15.7. The molecule has 2 heterocycles. The molecule has 0 radical (unpaired) electrons. The maximum atomic E-state index is 12.9. The summed E-state index contributed by atoms with van der Waals surface area (Å²) in [6.07, 6.45) is 3.28. The van der Waals surface area contributed by atoms with Gasteiger partial charge in [0.05, 0.1) is 28.9 Å². The van der Waals surface area contributed by atoms with E-state index < -0.39 is 0 Å². The SMILES string of the molecule is Cc1nc2c(-c3ccccc3)cc(C(=O)OCCCc3ccccc3)cc2n2cnnc12. The summed E-state index contributed by atoms with van der Waals surface area (Å²) in [5.74, 6) is -0.348. The zero-order valence-electron chi connectivity index (χ0n) is 17.7. The fraction of sp³-hybridized carbons (Fsp3) is 0.154. The fourth-order valence-electron chi connectivity index (χ4n) is 3.92. The van der Waals surface area contributed by atoms with Crippen LogP contribution in [-0.2, 0) is 11.2 Å². The van der Waals surface area contributed by atoms with Gasteiger partial charge in [0, 0.05) is 5.56 Å². The van der Waals surface area contributed by atoms with Gasteiger partial charge in [-0.3, -0.25) is 4.40 Å². The Morgan fingerprint density at radius 3 is 2.53 bits per heavy atom. The van der Waals surface area contributed by atoms with Crippen molar-refractivity contribution in [2.45, 2.75) is 19.8 Å². The molecule has 2 aromatic heterocycles. The molecule has 6 heteroatoms. The highest BCUT2D eigenvalue weighted by Gasteiger charge is 2.17. The van der Waals surface area contributed by atoms with Gasteiger partial charge < -0.3 is 4.74 Å². The number of aromatic nitrogens is 4. The summed E-state index contributed by atoms with van der Waals surface area (Å²) in [7, 11) is 0. The van der Waals surface area contributed by atoms with Crippen LogP contribution in [0.2, 0.25) is 0 Å². The third-order valence-corrected chi connectivity index (χ3v) is 5.51. The van der Waals surface area contributed by atoms with Crippen molar-refractivity contribution in [2.24, 2.45) is 0 Å². The highest BCUT2D eigenvalue weighted by atomic mass is 16.5. The Labute approximate surface area is 185 Å². The number of hydrogen-bond acceptors (Lipinski definition) is 5. The second kappa shape index (κ2) is 8.59. The van der Waals surface area contributed by atoms with Gasteiger partial charge in [-0.15, -0.1) is 10.2 Å². The van der Waals surface area contributed by atoms with Crippen LogP contribution >= 0.6 is 0 Å². The Morgan fingerprint density at radius 1 is 1.00 bits per heavy atom. The fourth-order valence-corrected chi connectivity index (χ4v) is 3.92. The lowest BCUT2D eigenvalue weighted by Crippen LogP contribution is -2.08. The molecule has 0 bridgehead atoms. The van der Waals surface area contributed by atoms with Crippen molar-refractivity contribution < 1.29 is 9.53 Å². The topological polar surface area (TPSA) is 69.4 Å². The number of ether oxygens (including phenoxy) is 1. The van der Waals surface area contributed by atoms with Gasteiger partial charge in [0.15, 0.2) is 5.65 Å². The van der Waals surface area contributed by atoms with Gasteiger partial charge in [0.25, 0.3) is 0 Å². The summed E-state index contributed by atoms with van der Waals surface area (Å²) >= 11 is 0. The van der Waals surface area contributed by atoms with Crippen LogP contribution < -0.4 is 0 Å². The van der Waals surface area contributed by atoms with Crippen molar-refractivity contribution in [1.82, 2.24) is 19.6 Å². The normalized spacial score (nSPS) is 11.2. The highest BCUT2D eigenvalue weighted by molar-refractivity contribution is 6.01. The molecule has 0 fully saturated rings. The van der Waals surface area contributed by atoms with Gasteiger partial charge in [0.2, 0.25) is 0 Å². The van der Waals surface area contributed by atoms with E-state index in [1.165, 1.54) is 5.56 Å². The molecule has 0 atom stereocenters. The average molecular weight is 422 g/mol. The Morgan fingerprint density at radius 2 is 1.75 bits per heavy atom. The van der Waals surface area contributed by atoms with E-state index in [9.17, 15) is 4.79 Å². The Bertz CT molecular complexity index is 1400. The summed E-state index contributed by atoms with van der Waals surface area (Å²) in [4.78, 5) is 17.7. The second-order valence-electron chi connectivity index (χ2n) is 7.70. The first-order valence-electron chi connectivity index (χ1n) is 10.6. The van der Waals surface area contributed by atoms with Crippen molar-refractivity contribution in [3.05, 3.63) is 95.9 Å². The van der Waals surface area contributed by atoms with Gasteiger partial charge in [-0.05, 0) is 43.0 Å². The number of nitrogens with zero attached hydrogens (tertiary/aromatic N) is 4. The monoisotopic (exact) mass is 422 g/mol. The summed E-state index contributed by atoms with van der Waals surface area (Å²) in [5, 5.41) is 8.20. The van der Waals surface area contributed by atoms with E-state index in [0.717, 1.165) is 40.7 Å². The van der Waals surface area contributed by atoms with E-state index in [4.69, 9.17) is 9.72 Å². The molecule has 3 aromatic carbocycles. The number of benzene rings is 3. The molecule has 32 heavy (non-hydrogen) atoms. The van der Waals surface area contributed by atoms with Crippen LogP contribution in [0.3, 0.4) is 0 Å². The molecule has 5 aromatic rings. The number of carbonyl (C=O) groups excluding carboxylic acids is 1. The average Bonchev–Trinajstić information content (AvgIpc) is 3.34. The zero-order chi connectivity index (χ0) is 21.9. The molecular formula is C26H22N4O2. The van der Waals surface area contributed by atoms with Gasteiger partial charge in [0.1, 0.15) is 6.33 Å². The van der Waals surface area contributed by atoms with Crippen molar-refractivity contribution in [2.75, 3.05) is 6.61 Å². The number of rotatable bonds is 6. The van der Waals surface area contributed by atoms with E-state index in [1.807, 2.05) is 72.0 Å². The molecule has 0 spiro atoms. The molecule has 0 aliphatic heterocycles. The van der Waals surface area contributed by atoms with E-state index in [1.54, 1.807) is 6.33 Å². The molecule has 6 nitrogen and oxygen atoms in total. The Hall–Kier alpha value is -4.06. The molecule has 0 unspecified atom stereocenters. The Balaban J connectivity index is 1.49. The summed E-state index contributed by atoms with van der Waals surface area (Å²) in [6, 6.07) is 23.8. The number of hydrogen-bond donors (Lipinski definition) is 0. The van der Waals surface area contributed by atoms with Crippen LogP contribution in [0, 0.1) is 6.92 Å². The molecule has 0 amide bonds. The van der Waals surface area contributed by atoms with Crippen LogP contribution in [0.1, 0.15) is 28.0 Å². The van der Waals surface area contributed by atoms with Crippen LogP contribution in [0.5, 0.6) is 0 Å². The number of esters is 1. The number of carbonyl (C=O) groups is 1. The molecule has 0 saturated carbocycles. The van der Waals surface area contributed by atoms with Crippen molar-refractivity contribution in [3.63, 3.8) is 0 Å². The van der Waals surface area contributed by atoms with Crippen molar-refractivity contribution in [1.29, 1.82) is 0 Å². The third kappa shape index (κ3) is 3.83. The maximum absolute atomic E-state index is 12.9.